The van der Waals surface area contributed by atoms with Crippen LogP contribution in [0.5, 0.6) is 0 Å². The largest absolute Gasteiger partial charge is 0.374 e. The molecule has 1 nitrogen and oxygen atoms in total. The molecule has 2 heteroatoms. The van der Waals surface area contributed by atoms with Crippen molar-refractivity contribution in [1.29, 1.82) is 0 Å². The molecule has 0 radical (unpaired) electrons. The standard InChI is InChI=1S/C10H9BrO/c1-10(12,7-8-11)9-5-3-2-4-6-9/h2-6,12H,1H3. The fraction of sp³-hybridized carbons (Fsp3) is 0.200. The molecule has 1 aromatic carbocycles. The van der Waals surface area contributed by atoms with Crippen molar-refractivity contribution in [2.45, 2.75) is 12.5 Å². The van der Waals surface area contributed by atoms with Gasteiger partial charge in [0.15, 0.2) is 0 Å². The summed E-state index contributed by atoms with van der Waals surface area (Å²) < 4.78 is 0. The smallest absolute Gasteiger partial charge is 0.149 e. The molecule has 0 bridgehead atoms. The van der Waals surface area contributed by atoms with Crippen molar-refractivity contribution in [3.8, 4) is 10.8 Å². The summed E-state index contributed by atoms with van der Waals surface area (Å²) in [6, 6.07) is 9.34. The molecule has 1 N–H and O–H groups in total. The van der Waals surface area contributed by atoms with E-state index in [4.69, 9.17) is 0 Å². The van der Waals surface area contributed by atoms with E-state index in [0.717, 1.165) is 5.56 Å². The van der Waals surface area contributed by atoms with E-state index >= 15 is 0 Å². The van der Waals surface area contributed by atoms with E-state index in [1.807, 2.05) is 30.3 Å². The summed E-state index contributed by atoms with van der Waals surface area (Å²) in [7, 11) is 0. The SMILES string of the molecule is CC(O)(C#CBr)c1ccccc1. The molecule has 0 saturated heterocycles. The van der Waals surface area contributed by atoms with Gasteiger partial charge in [-0.25, -0.2) is 0 Å². The number of benzene rings is 1. The zero-order valence-electron chi connectivity index (χ0n) is 6.71. The number of hydrogen-bond donors (Lipinski definition) is 1. The highest BCUT2D eigenvalue weighted by Gasteiger charge is 2.18. The van der Waals surface area contributed by atoms with E-state index in [-0.39, 0.29) is 0 Å². The van der Waals surface area contributed by atoms with Crippen LogP contribution in [0.15, 0.2) is 30.3 Å². The zero-order valence-corrected chi connectivity index (χ0v) is 8.30. The van der Waals surface area contributed by atoms with Gasteiger partial charge in [0.1, 0.15) is 5.60 Å². The first-order valence-corrected chi connectivity index (χ1v) is 4.37. The lowest BCUT2D eigenvalue weighted by molar-refractivity contribution is 0.122. The number of hydrogen-bond acceptors (Lipinski definition) is 1. The quantitative estimate of drug-likeness (QED) is 0.726. The summed E-state index contributed by atoms with van der Waals surface area (Å²) in [6.07, 6.45) is 0. The predicted molar refractivity (Wildman–Crippen MR) is 52.7 cm³/mol. The minimum absolute atomic E-state index is 0.803. The van der Waals surface area contributed by atoms with Crippen LogP contribution in [0.3, 0.4) is 0 Å². The molecule has 0 spiro atoms. The average Bonchev–Trinajstić information content (AvgIpc) is 2.06. The van der Waals surface area contributed by atoms with E-state index in [9.17, 15) is 5.11 Å². The molecule has 1 aromatic rings. The Kier molecular flexibility index (Phi) is 2.91. The van der Waals surface area contributed by atoms with Crippen molar-refractivity contribution < 1.29 is 5.11 Å². The molecule has 0 heterocycles. The normalized spacial score (nSPS) is 14.2. The van der Waals surface area contributed by atoms with Crippen LogP contribution < -0.4 is 0 Å². The minimum Gasteiger partial charge on any atom is -0.374 e. The molecule has 0 aliphatic carbocycles. The Hall–Kier alpha value is -0.780. The van der Waals surface area contributed by atoms with Crippen molar-refractivity contribution in [1.82, 2.24) is 0 Å². The first kappa shape index (κ1) is 9.31. The molecule has 1 atom stereocenters. The summed E-state index contributed by atoms with van der Waals surface area (Å²) in [6.45, 7) is 1.66. The second kappa shape index (κ2) is 3.75. The average molecular weight is 225 g/mol. The van der Waals surface area contributed by atoms with Gasteiger partial charge in [0.2, 0.25) is 0 Å². The molecule has 62 valence electrons. The lowest BCUT2D eigenvalue weighted by Crippen LogP contribution is -2.17. The minimum atomic E-state index is -1.06. The fourth-order valence-corrected chi connectivity index (χ4v) is 1.31. The Labute approximate surface area is 80.6 Å². The highest BCUT2D eigenvalue weighted by Crippen LogP contribution is 2.18. The number of halogens is 1. The molecule has 0 saturated carbocycles. The van der Waals surface area contributed by atoms with E-state index in [1.165, 1.54) is 0 Å². The lowest BCUT2D eigenvalue weighted by atomic mass is 9.97. The zero-order chi connectivity index (χ0) is 9.03. The van der Waals surface area contributed by atoms with Crippen LogP contribution in [0.1, 0.15) is 12.5 Å². The van der Waals surface area contributed by atoms with Gasteiger partial charge in [-0.05, 0) is 17.3 Å². The van der Waals surface area contributed by atoms with Gasteiger partial charge in [0.05, 0.1) is 0 Å². The molecule has 1 unspecified atom stereocenters. The van der Waals surface area contributed by atoms with Gasteiger partial charge in [0.25, 0.3) is 0 Å². The van der Waals surface area contributed by atoms with Crippen molar-refractivity contribution in [3.05, 3.63) is 35.9 Å². The highest BCUT2D eigenvalue weighted by molar-refractivity contribution is 9.12. The molecule has 0 aliphatic heterocycles. The van der Waals surface area contributed by atoms with Crippen LogP contribution in [0.25, 0.3) is 0 Å². The van der Waals surface area contributed by atoms with E-state index in [0.29, 0.717) is 0 Å². The van der Waals surface area contributed by atoms with Gasteiger partial charge in [-0.15, -0.1) is 0 Å². The van der Waals surface area contributed by atoms with Crippen LogP contribution in [0, 0.1) is 10.8 Å². The Bertz CT molecular complexity index is 306. The van der Waals surface area contributed by atoms with Gasteiger partial charge in [-0.3, -0.25) is 0 Å². The third kappa shape index (κ3) is 2.10. The van der Waals surface area contributed by atoms with Crippen LogP contribution >= 0.6 is 15.9 Å². The molecule has 0 fully saturated rings. The summed E-state index contributed by atoms with van der Waals surface area (Å²) in [5.41, 5.74) is -0.262. The van der Waals surface area contributed by atoms with Gasteiger partial charge < -0.3 is 5.11 Å². The van der Waals surface area contributed by atoms with Crippen molar-refractivity contribution in [3.63, 3.8) is 0 Å². The first-order valence-electron chi connectivity index (χ1n) is 3.57. The molecule has 0 aliphatic rings. The summed E-state index contributed by atoms with van der Waals surface area (Å²) >= 11 is 2.96. The van der Waals surface area contributed by atoms with E-state index < -0.39 is 5.60 Å². The molecular weight excluding hydrogens is 216 g/mol. The van der Waals surface area contributed by atoms with Crippen molar-refractivity contribution >= 4 is 15.9 Å². The third-order valence-corrected chi connectivity index (χ3v) is 1.82. The fourth-order valence-electron chi connectivity index (χ4n) is 0.927. The Morgan fingerprint density at radius 3 is 2.42 bits per heavy atom. The monoisotopic (exact) mass is 224 g/mol. The van der Waals surface area contributed by atoms with Crippen LogP contribution in [-0.2, 0) is 5.60 Å². The Balaban J connectivity index is 3.03. The maximum Gasteiger partial charge on any atom is 0.149 e. The molecule has 0 aromatic heterocycles. The Morgan fingerprint density at radius 1 is 1.33 bits per heavy atom. The van der Waals surface area contributed by atoms with Crippen LogP contribution in [-0.4, -0.2) is 5.11 Å². The van der Waals surface area contributed by atoms with E-state index in [2.05, 4.69) is 26.7 Å². The number of rotatable bonds is 1. The van der Waals surface area contributed by atoms with Crippen LogP contribution in [0.2, 0.25) is 0 Å². The van der Waals surface area contributed by atoms with Crippen molar-refractivity contribution in [2.24, 2.45) is 0 Å². The predicted octanol–water partition coefficient (Wildman–Crippen LogP) is 2.25. The van der Waals surface area contributed by atoms with Gasteiger partial charge in [0, 0.05) is 15.9 Å². The molecule has 1 rings (SSSR count). The first-order chi connectivity index (χ1) is 5.67. The second-order valence-corrected chi connectivity index (χ2v) is 3.05. The van der Waals surface area contributed by atoms with Crippen LogP contribution in [0.4, 0.5) is 0 Å². The summed E-state index contributed by atoms with van der Waals surface area (Å²) in [5.74, 6) is 2.66. The maximum atomic E-state index is 9.78. The van der Waals surface area contributed by atoms with Crippen molar-refractivity contribution in [2.75, 3.05) is 0 Å². The Morgan fingerprint density at radius 2 is 1.92 bits per heavy atom. The maximum absolute atomic E-state index is 9.78. The lowest BCUT2D eigenvalue weighted by Gasteiger charge is -2.15. The molecule has 0 amide bonds. The third-order valence-electron chi connectivity index (χ3n) is 1.63. The molecular formula is C10H9BrO. The van der Waals surface area contributed by atoms with Gasteiger partial charge >= 0.3 is 0 Å². The topological polar surface area (TPSA) is 20.2 Å². The highest BCUT2D eigenvalue weighted by atomic mass is 79.9. The van der Waals surface area contributed by atoms with Gasteiger partial charge in [-0.1, -0.05) is 36.3 Å². The number of aliphatic hydroxyl groups is 1. The van der Waals surface area contributed by atoms with Gasteiger partial charge in [-0.2, -0.15) is 0 Å². The summed E-state index contributed by atoms with van der Waals surface area (Å²) in [5, 5.41) is 9.78. The second-order valence-electron chi connectivity index (χ2n) is 2.66. The summed E-state index contributed by atoms with van der Waals surface area (Å²) in [4.78, 5) is 2.52. The molecule has 12 heavy (non-hydrogen) atoms. The van der Waals surface area contributed by atoms with E-state index in [1.54, 1.807) is 6.92 Å².